The molecule has 11 heteroatoms. The summed E-state index contributed by atoms with van der Waals surface area (Å²) in [5.41, 5.74) is 1.37. The molecule has 0 saturated heterocycles. The molecule has 0 aliphatic heterocycles. The number of anilines is 1. The van der Waals surface area contributed by atoms with E-state index in [4.69, 9.17) is 16.3 Å². The summed E-state index contributed by atoms with van der Waals surface area (Å²) in [6.07, 6.45) is 1.04. The predicted octanol–water partition coefficient (Wildman–Crippen LogP) is 2.98. The number of carbonyl (C=O) groups excluding carboxylic acids is 1. The molecule has 8 nitrogen and oxygen atoms in total. The van der Waals surface area contributed by atoms with Gasteiger partial charge in [0.15, 0.2) is 9.84 Å². The molecular formula is C19H19ClN2O6S2. The van der Waals surface area contributed by atoms with Crippen LogP contribution in [0.3, 0.4) is 0 Å². The van der Waals surface area contributed by atoms with E-state index in [1.807, 2.05) is 0 Å². The molecule has 2 aromatic carbocycles. The van der Waals surface area contributed by atoms with Crippen molar-refractivity contribution in [2.75, 3.05) is 18.1 Å². The minimum atomic E-state index is -4.04. The van der Waals surface area contributed by atoms with Crippen LogP contribution in [0.5, 0.6) is 0 Å². The molecule has 0 radical (unpaired) electrons. The molecule has 1 heterocycles. The topological polar surface area (TPSA) is 112 Å². The minimum Gasteiger partial charge on any atom is -0.468 e. The maximum Gasteiger partial charge on any atom is 0.325 e. The number of aromatic nitrogens is 1. The Balaban J connectivity index is 2.09. The lowest BCUT2D eigenvalue weighted by Gasteiger charge is -2.10. The van der Waals surface area contributed by atoms with Gasteiger partial charge in [-0.1, -0.05) is 11.6 Å². The Hall–Kier alpha value is -2.56. The van der Waals surface area contributed by atoms with Crippen LogP contribution in [0.4, 0.5) is 5.69 Å². The number of esters is 1. The van der Waals surface area contributed by atoms with Gasteiger partial charge in [0.05, 0.1) is 28.1 Å². The van der Waals surface area contributed by atoms with Crippen LogP contribution in [0.25, 0.3) is 10.9 Å². The van der Waals surface area contributed by atoms with E-state index < -0.39 is 25.8 Å². The first-order valence-corrected chi connectivity index (χ1v) is 12.4. The van der Waals surface area contributed by atoms with Crippen molar-refractivity contribution in [3.63, 3.8) is 0 Å². The van der Waals surface area contributed by atoms with Crippen LogP contribution >= 0.6 is 11.6 Å². The number of hydrogen-bond donors (Lipinski definition) is 1. The average Bonchev–Trinajstić information content (AvgIpc) is 2.92. The molecule has 0 unspecified atom stereocenters. The Morgan fingerprint density at radius 3 is 2.23 bits per heavy atom. The number of nitrogens with one attached hydrogen (secondary N) is 1. The van der Waals surface area contributed by atoms with Gasteiger partial charge in [-0.15, -0.1) is 0 Å². The summed E-state index contributed by atoms with van der Waals surface area (Å²) in [7, 11) is -6.22. The maximum absolute atomic E-state index is 12.9. The van der Waals surface area contributed by atoms with E-state index >= 15 is 0 Å². The molecule has 160 valence electrons. The molecule has 0 bridgehead atoms. The van der Waals surface area contributed by atoms with Crippen molar-refractivity contribution in [1.82, 2.24) is 4.57 Å². The molecule has 3 rings (SSSR count). The smallest absolute Gasteiger partial charge is 0.325 e. The monoisotopic (exact) mass is 470 g/mol. The number of fused-ring (bicyclic) bond motifs is 1. The van der Waals surface area contributed by atoms with Crippen LogP contribution in [-0.2, 0) is 35.9 Å². The van der Waals surface area contributed by atoms with E-state index in [1.54, 1.807) is 29.7 Å². The van der Waals surface area contributed by atoms with Crippen LogP contribution in [0, 0.1) is 6.92 Å². The summed E-state index contributed by atoms with van der Waals surface area (Å²) >= 11 is 6.10. The van der Waals surface area contributed by atoms with Crippen molar-refractivity contribution in [2.45, 2.75) is 23.3 Å². The quantitative estimate of drug-likeness (QED) is 0.554. The van der Waals surface area contributed by atoms with Crippen LogP contribution in [-0.4, -0.2) is 40.7 Å². The highest BCUT2D eigenvalue weighted by Crippen LogP contribution is 2.34. The number of rotatable bonds is 6. The van der Waals surface area contributed by atoms with Gasteiger partial charge in [0, 0.05) is 22.4 Å². The first-order valence-electron chi connectivity index (χ1n) is 8.62. The standard InChI is InChI=1S/C19H19ClN2O6S2/c1-12-19(16-10-13(20)4-9-17(16)22(12)11-18(23)28-2)21-30(26,27)15-7-5-14(6-8-15)29(3,24)25/h4-10,21H,11H2,1-3H3. The van der Waals surface area contributed by atoms with E-state index in [-0.39, 0.29) is 22.0 Å². The number of ether oxygens (including phenoxy) is 1. The van der Waals surface area contributed by atoms with Gasteiger partial charge in [-0.05, 0) is 49.4 Å². The number of nitrogens with zero attached hydrogens (tertiary/aromatic N) is 1. The molecule has 0 aliphatic carbocycles. The van der Waals surface area contributed by atoms with Crippen LogP contribution < -0.4 is 4.72 Å². The molecule has 0 spiro atoms. The highest BCUT2D eigenvalue weighted by Gasteiger charge is 2.22. The molecule has 0 fully saturated rings. The number of benzene rings is 2. The molecule has 0 saturated carbocycles. The second-order valence-corrected chi connectivity index (χ2v) is 10.8. The van der Waals surface area contributed by atoms with E-state index in [2.05, 4.69) is 4.72 Å². The van der Waals surface area contributed by atoms with Gasteiger partial charge >= 0.3 is 5.97 Å². The van der Waals surface area contributed by atoms with Crippen molar-refractivity contribution >= 4 is 54.0 Å². The van der Waals surface area contributed by atoms with Gasteiger partial charge < -0.3 is 9.30 Å². The second-order valence-electron chi connectivity index (χ2n) is 6.63. The molecular weight excluding hydrogens is 452 g/mol. The van der Waals surface area contributed by atoms with Gasteiger partial charge in [0.1, 0.15) is 6.54 Å². The van der Waals surface area contributed by atoms with Crippen LogP contribution in [0.15, 0.2) is 52.3 Å². The van der Waals surface area contributed by atoms with Gasteiger partial charge in [-0.25, -0.2) is 16.8 Å². The predicted molar refractivity (Wildman–Crippen MR) is 114 cm³/mol. The highest BCUT2D eigenvalue weighted by molar-refractivity contribution is 7.92. The van der Waals surface area contributed by atoms with Crippen LogP contribution in [0.2, 0.25) is 5.02 Å². The number of sulfonamides is 1. The van der Waals surface area contributed by atoms with Crippen molar-refractivity contribution in [1.29, 1.82) is 0 Å². The SMILES string of the molecule is COC(=O)Cn1c(C)c(NS(=O)(=O)c2ccc(S(C)(=O)=O)cc2)c2cc(Cl)ccc21. The molecule has 0 aliphatic rings. The Labute approximate surface area is 179 Å². The van der Waals surface area contributed by atoms with Gasteiger partial charge in [0.25, 0.3) is 10.0 Å². The number of halogens is 1. The Kier molecular flexibility index (Phi) is 5.85. The van der Waals surface area contributed by atoms with Crippen molar-refractivity contribution in [3.8, 4) is 0 Å². The van der Waals surface area contributed by atoms with Crippen molar-refractivity contribution in [3.05, 3.63) is 53.2 Å². The molecule has 3 aromatic rings. The summed E-state index contributed by atoms with van der Waals surface area (Å²) in [5.74, 6) is -0.490. The first kappa shape index (κ1) is 22.1. The fourth-order valence-corrected chi connectivity index (χ4v) is 4.98. The summed E-state index contributed by atoms with van der Waals surface area (Å²) < 4.78 is 58.0. The Morgan fingerprint density at radius 1 is 1.07 bits per heavy atom. The zero-order chi connectivity index (χ0) is 22.3. The number of hydrogen-bond acceptors (Lipinski definition) is 6. The Morgan fingerprint density at radius 2 is 1.67 bits per heavy atom. The van der Waals surface area contributed by atoms with E-state index in [0.29, 0.717) is 21.6 Å². The zero-order valence-corrected chi connectivity index (χ0v) is 18.7. The average molecular weight is 471 g/mol. The van der Waals surface area contributed by atoms with Crippen molar-refractivity contribution in [2.24, 2.45) is 0 Å². The molecule has 0 atom stereocenters. The lowest BCUT2D eigenvalue weighted by Crippen LogP contribution is -2.15. The normalized spacial score (nSPS) is 12.1. The van der Waals surface area contributed by atoms with E-state index in [0.717, 1.165) is 6.26 Å². The summed E-state index contributed by atoms with van der Waals surface area (Å²) in [5, 5.41) is 0.913. The minimum absolute atomic E-state index is 0.0130. The van der Waals surface area contributed by atoms with Gasteiger partial charge in [-0.2, -0.15) is 0 Å². The largest absolute Gasteiger partial charge is 0.468 e. The molecule has 30 heavy (non-hydrogen) atoms. The Bertz CT molecular complexity index is 1340. The lowest BCUT2D eigenvalue weighted by atomic mass is 10.2. The van der Waals surface area contributed by atoms with Gasteiger partial charge in [0.2, 0.25) is 0 Å². The third kappa shape index (κ3) is 4.30. The summed E-state index contributed by atoms with van der Waals surface area (Å²) in [6, 6.07) is 9.82. The molecule has 1 N–H and O–H groups in total. The molecule has 0 amide bonds. The third-order valence-corrected chi connectivity index (χ3v) is 7.33. The number of carbonyl (C=O) groups is 1. The second kappa shape index (κ2) is 7.93. The fraction of sp³-hybridized carbons (Fsp3) is 0.211. The van der Waals surface area contributed by atoms with Gasteiger partial charge in [-0.3, -0.25) is 9.52 Å². The van der Waals surface area contributed by atoms with E-state index in [9.17, 15) is 21.6 Å². The summed E-state index contributed by atoms with van der Waals surface area (Å²) in [6.45, 7) is 1.56. The van der Waals surface area contributed by atoms with Crippen molar-refractivity contribution < 1.29 is 26.4 Å². The summed E-state index contributed by atoms with van der Waals surface area (Å²) in [4.78, 5) is 11.7. The lowest BCUT2D eigenvalue weighted by molar-refractivity contribution is -0.141. The first-order chi connectivity index (χ1) is 13.9. The highest BCUT2D eigenvalue weighted by atomic mass is 35.5. The third-order valence-electron chi connectivity index (χ3n) is 4.60. The van der Waals surface area contributed by atoms with Crippen LogP contribution in [0.1, 0.15) is 5.69 Å². The zero-order valence-electron chi connectivity index (χ0n) is 16.3. The van der Waals surface area contributed by atoms with E-state index in [1.165, 1.54) is 31.4 Å². The number of methoxy groups -OCH3 is 1. The maximum atomic E-state index is 12.9. The molecule has 1 aromatic heterocycles. The fourth-order valence-electron chi connectivity index (χ4n) is 3.04. The number of sulfone groups is 1.